The van der Waals surface area contributed by atoms with Crippen LogP contribution in [0.15, 0.2) is 0 Å². The molecular formula is C19H29N5O3. The maximum Gasteiger partial charge on any atom is 0.290 e. The Balaban J connectivity index is 1.82. The lowest BCUT2D eigenvalue weighted by molar-refractivity contribution is -0.130. The van der Waals surface area contributed by atoms with E-state index in [-0.39, 0.29) is 23.8 Å². The Bertz CT molecular complexity index is 734. The molecule has 1 N–H and O–H groups in total. The molecule has 0 radical (unpaired) electrons. The van der Waals surface area contributed by atoms with Crippen LogP contribution in [0.25, 0.3) is 0 Å². The fourth-order valence-electron chi connectivity index (χ4n) is 3.65. The number of piperazine rings is 1. The summed E-state index contributed by atoms with van der Waals surface area (Å²) < 4.78 is 1.93. The quantitative estimate of drug-likeness (QED) is 0.852. The Morgan fingerprint density at radius 3 is 2.37 bits per heavy atom. The smallest absolute Gasteiger partial charge is 0.290 e. The van der Waals surface area contributed by atoms with E-state index in [1.807, 2.05) is 18.4 Å². The fourth-order valence-corrected chi connectivity index (χ4v) is 3.65. The Kier molecular flexibility index (Phi) is 5.82. The third-order valence-electron chi connectivity index (χ3n) is 5.53. The number of nitrogens with one attached hydrogen (secondary N) is 1. The molecule has 8 heteroatoms. The second-order valence-corrected chi connectivity index (χ2v) is 7.42. The molecule has 1 unspecified atom stereocenters. The van der Waals surface area contributed by atoms with Crippen molar-refractivity contribution in [1.82, 2.24) is 24.7 Å². The molecule has 148 valence electrons. The van der Waals surface area contributed by atoms with Crippen molar-refractivity contribution in [3.8, 4) is 0 Å². The van der Waals surface area contributed by atoms with Crippen molar-refractivity contribution in [1.29, 1.82) is 0 Å². The van der Waals surface area contributed by atoms with Crippen LogP contribution in [0.1, 0.15) is 66.8 Å². The Hall–Kier alpha value is -2.38. The van der Waals surface area contributed by atoms with Crippen molar-refractivity contribution in [2.45, 2.75) is 59.0 Å². The van der Waals surface area contributed by atoms with Gasteiger partial charge in [-0.3, -0.25) is 14.4 Å². The van der Waals surface area contributed by atoms with E-state index in [2.05, 4.69) is 10.3 Å². The molecule has 0 aliphatic carbocycles. The molecule has 1 aromatic rings. The molecule has 3 amide bonds. The zero-order valence-corrected chi connectivity index (χ0v) is 16.5. The van der Waals surface area contributed by atoms with Crippen molar-refractivity contribution in [2.24, 2.45) is 0 Å². The van der Waals surface area contributed by atoms with E-state index >= 15 is 0 Å². The summed E-state index contributed by atoms with van der Waals surface area (Å²) >= 11 is 0. The molecular weight excluding hydrogens is 346 g/mol. The van der Waals surface area contributed by atoms with Gasteiger partial charge in [-0.2, -0.15) is 0 Å². The third-order valence-corrected chi connectivity index (χ3v) is 5.53. The molecule has 0 bridgehead atoms. The minimum atomic E-state index is -0.199. The molecule has 1 fully saturated rings. The number of carbonyl (C=O) groups is 3. The second kappa shape index (κ2) is 8.10. The number of carbonyl (C=O) groups excluding carboxylic acids is 3. The van der Waals surface area contributed by atoms with E-state index in [0.717, 1.165) is 31.4 Å². The number of imidazole rings is 1. The van der Waals surface area contributed by atoms with Crippen LogP contribution in [0.3, 0.4) is 0 Å². The molecule has 3 rings (SSSR count). The first-order valence-corrected chi connectivity index (χ1v) is 9.87. The van der Waals surface area contributed by atoms with Gasteiger partial charge >= 0.3 is 0 Å². The van der Waals surface area contributed by atoms with Crippen LogP contribution in [-0.4, -0.2) is 69.3 Å². The molecule has 0 saturated carbocycles. The van der Waals surface area contributed by atoms with Crippen LogP contribution in [0.2, 0.25) is 0 Å². The van der Waals surface area contributed by atoms with Crippen molar-refractivity contribution in [2.75, 3.05) is 26.2 Å². The molecule has 8 nitrogen and oxygen atoms in total. The van der Waals surface area contributed by atoms with Gasteiger partial charge in [0.25, 0.3) is 11.8 Å². The van der Waals surface area contributed by atoms with E-state index in [0.29, 0.717) is 44.2 Å². The van der Waals surface area contributed by atoms with Crippen LogP contribution < -0.4 is 5.32 Å². The second-order valence-electron chi connectivity index (χ2n) is 7.42. The highest BCUT2D eigenvalue weighted by atomic mass is 16.2. The molecule has 0 aromatic carbocycles. The van der Waals surface area contributed by atoms with Gasteiger partial charge in [0.15, 0.2) is 5.82 Å². The number of hydrogen-bond acceptors (Lipinski definition) is 4. The van der Waals surface area contributed by atoms with Gasteiger partial charge in [-0.25, -0.2) is 4.98 Å². The topological polar surface area (TPSA) is 87.5 Å². The predicted octanol–water partition coefficient (Wildman–Crippen LogP) is 1.05. The summed E-state index contributed by atoms with van der Waals surface area (Å²) in [5.74, 6) is 0.0407. The standard InChI is InChI=1S/C19H29N5O3/c1-4-13(2)20-18(26)16-15-7-5-6-8-24(15)17(21-16)19(27)23-11-9-22(10-12-23)14(3)25/h13H,4-12H2,1-3H3,(H,20,26). The molecule has 0 spiro atoms. The van der Waals surface area contributed by atoms with E-state index < -0.39 is 0 Å². The lowest BCUT2D eigenvalue weighted by Crippen LogP contribution is -2.50. The molecule has 1 saturated heterocycles. The van der Waals surface area contributed by atoms with Crippen molar-refractivity contribution in [3.63, 3.8) is 0 Å². The van der Waals surface area contributed by atoms with Crippen LogP contribution >= 0.6 is 0 Å². The summed E-state index contributed by atoms with van der Waals surface area (Å²) in [5.41, 5.74) is 1.26. The highest BCUT2D eigenvalue weighted by Gasteiger charge is 2.31. The van der Waals surface area contributed by atoms with Crippen molar-refractivity contribution < 1.29 is 14.4 Å². The molecule has 1 atom stereocenters. The number of aromatic nitrogens is 2. The highest BCUT2D eigenvalue weighted by molar-refractivity contribution is 5.97. The average Bonchev–Trinajstić information content (AvgIpc) is 3.07. The summed E-state index contributed by atoms with van der Waals surface area (Å²) in [6.45, 7) is 8.30. The van der Waals surface area contributed by atoms with Gasteiger partial charge < -0.3 is 19.7 Å². The lowest BCUT2D eigenvalue weighted by atomic mass is 10.1. The first-order chi connectivity index (χ1) is 12.9. The van der Waals surface area contributed by atoms with Gasteiger partial charge in [0, 0.05) is 45.7 Å². The van der Waals surface area contributed by atoms with Crippen LogP contribution in [-0.2, 0) is 17.8 Å². The number of amides is 3. The fraction of sp³-hybridized carbons (Fsp3) is 0.684. The van der Waals surface area contributed by atoms with E-state index in [1.165, 1.54) is 0 Å². The molecule has 3 heterocycles. The summed E-state index contributed by atoms with van der Waals surface area (Å²) in [6.07, 6.45) is 3.59. The van der Waals surface area contributed by atoms with E-state index in [1.54, 1.807) is 16.7 Å². The largest absolute Gasteiger partial charge is 0.348 e. The molecule has 1 aromatic heterocycles. The maximum atomic E-state index is 13.1. The minimum Gasteiger partial charge on any atom is -0.348 e. The van der Waals surface area contributed by atoms with Crippen LogP contribution in [0.5, 0.6) is 0 Å². The van der Waals surface area contributed by atoms with Gasteiger partial charge in [0.1, 0.15) is 5.69 Å². The SMILES string of the molecule is CCC(C)NC(=O)c1nc(C(=O)N2CCN(C(C)=O)CC2)n2c1CCCC2. The van der Waals surface area contributed by atoms with Crippen LogP contribution in [0, 0.1) is 0 Å². The average molecular weight is 375 g/mol. The summed E-state index contributed by atoms with van der Waals surface area (Å²) in [4.78, 5) is 45.2. The highest BCUT2D eigenvalue weighted by Crippen LogP contribution is 2.22. The molecule has 2 aliphatic heterocycles. The summed E-state index contributed by atoms with van der Waals surface area (Å²) in [5, 5.41) is 2.96. The number of nitrogens with zero attached hydrogens (tertiary/aromatic N) is 4. The minimum absolute atomic E-state index is 0.0318. The number of rotatable bonds is 4. The van der Waals surface area contributed by atoms with Crippen molar-refractivity contribution >= 4 is 17.7 Å². The number of fused-ring (bicyclic) bond motifs is 1. The Labute approximate surface area is 159 Å². The van der Waals surface area contributed by atoms with E-state index in [4.69, 9.17) is 0 Å². The predicted molar refractivity (Wildman–Crippen MR) is 101 cm³/mol. The first-order valence-electron chi connectivity index (χ1n) is 9.87. The Morgan fingerprint density at radius 1 is 1.07 bits per heavy atom. The normalized spacial score (nSPS) is 18.0. The van der Waals surface area contributed by atoms with E-state index in [9.17, 15) is 14.4 Å². The third kappa shape index (κ3) is 3.99. The Morgan fingerprint density at radius 2 is 1.74 bits per heavy atom. The van der Waals surface area contributed by atoms with Gasteiger partial charge in [-0.1, -0.05) is 6.92 Å². The van der Waals surface area contributed by atoms with Crippen LogP contribution in [0.4, 0.5) is 0 Å². The van der Waals surface area contributed by atoms with Gasteiger partial charge in [-0.15, -0.1) is 0 Å². The maximum absolute atomic E-state index is 13.1. The summed E-state index contributed by atoms with van der Waals surface area (Å²) in [7, 11) is 0. The molecule has 2 aliphatic rings. The van der Waals surface area contributed by atoms with Gasteiger partial charge in [0.05, 0.1) is 5.69 Å². The molecule has 27 heavy (non-hydrogen) atoms. The monoisotopic (exact) mass is 375 g/mol. The van der Waals surface area contributed by atoms with Gasteiger partial charge in [0.2, 0.25) is 5.91 Å². The zero-order valence-electron chi connectivity index (χ0n) is 16.5. The zero-order chi connectivity index (χ0) is 19.6. The summed E-state index contributed by atoms with van der Waals surface area (Å²) in [6, 6.07) is 0.0669. The number of hydrogen-bond donors (Lipinski definition) is 1. The first kappa shape index (κ1) is 19.4. The lowest BCUT2D eigenvalue weighted by Gasteiger charge is -2.34. The van der Waals surface area contributed by atoms with Crippen molar-refractivity contribution in [3.05, 3.63) is 17.2 Å². The van der Waals surface area contributed by atoms with Gasteiger partial charge in [-0.05, 0) is 32.6 Å².